The molecule has 0 aromatic rings. The van der Waals surface area contributed by atoms with Crippen molar-refractivity contribution in [3.8, 4) is 0 Å². The van der Waals surface area contributed by atoms with Crippen molar-refractivity contribution in [3.05, 3.63) is 0 Å². The summed E-state index contributed by atoms with van der Waals surface area (Å²) in [6.07, 6.45) is 10.9. The molecule has 0 heterocycles. The van der Waals surface area contributed by atoms with E-state index in [4.69, 9.17) is 2.74 Å². The Morgan fingerprint density at radius 2 is 1.56 bits per heavy atom. The molecule has 0 bridgehead atoms. The van der Waals surface area contributed by atoms with Crippen molar-refractivity contribution in [2.75, 3.05) is 0 Å². The summed E-state index contributed by atoms with van der Waals surface area (Å²) in [6.45, 7) is 6.16. The van der Waals surface area contributed by atoms with Gasteiger partial charge in [0.25, 0.3) is 0 Å². The van der Waals surface area contributed by atoms with Crippen molar-refractivity contribution in [1.82, 2.24) is 0 Å². The van der Waals surface area contributed by atoms with Gasteiger partial charge in [-0.15, -0.1) is 0 Å². The lowest BCUT2D eigenvalue weighted by atomic mass is 9.62. The Hall–Kier alpha value is 0. The molecule has 1 spiro atoms. The average Bonchev–Trinajstić information content (AvgIpc) is 2.29. The van der Waals surface area contributed by atoms with Crippen LogP contribution in [0.1, 0.15) is 87.7 Å². The summed E-state index contributed by atoms with van der Waals surface area (Å²) in [4.78, 5) is 0. The van der Waals surface area contributed by atoms with Crippen LogP contribution in [0.2, 0.25) is 0 Å². The summed E-state index contributed by atoms with van der Waals surface area (Å²) in [5.41, 5.74) is 0.386. The van der Waals surface area contributed by atoms with Gasteiger partial charge in [-0.2, -0.15) is 0 Å². The first-order valence-electron chi connectivity index (χ1n) is 8.27. The highest BCUT2D eigenvalue weighted by Gasteiger charge is 2.36. The van der Waals surface area contributed by atoms with Crippen molar-refractivity contribution in [1.29, 1.82) is 0 Å². The van der Waals surface area contributed by atoms with Gasteiger partial charge in [0.1, 0.15) is 0 Å². The van der Waals surface area contributed by atoms with Crippen LogP contribution in [0.4, 0.5) is 0 Å². The van der Waals surface area contributed by atoms with Gasteiger partial charge in [-0.05, 0) is 61.6 Å². The van der Waals surface area contributed by atoms with E-state index >= 15 is 0 Å². The second-order valence-corrected chi connectivity index (χ2v) is 7.23. The van der Waals surface area contributed by atoms with E-state index in [1.54, 1.807) is 0 Å². The van der Waals surface area contributed by atoms with Crippen LogP contribution in [-0.4, -0.2) is 0 Å². The van der Waals surface area contributed by atoms with Crippen molar-refractivity contribution in [2.24, 2.45) is 16.7 Å². The molecule has 0 aromatic carbocycles. The smallest absolute Gasteiger partial charge is 0.0275 e. The maximum absolute atomic E-state index is 8.44. The zero-order chi connectivity index (χ0) is 13.4. The van der Waals surface area contributed by atoms with Crippen LogP contribution >= 0.6 is 0 Å². The van der Waals surface area contributed by atoms with E-state index in [-0.39, 0.29) is 11.3 Å². The lowest BCUT2D eigenvalue weighted by Crippen LogP contribution is -2.30. The van der Waals surface area contributed by atoms with E-state index in [0.29, 0.717) is 5.41 Å². The van der Waals surface area contributed by atoms with Crippen molar-refractivity contribution in [3.63, 3.8) is 0 Å². The third-order valence-electron chi connectivity index (χ3n) is 4.60. The van der Waals surface area contributed by atoms with E-state index < -0.39 is 6.37 Å². The van der Waals surface area contributed by atoms with Gasteiger partial charge in [-0.3, -0.25) is 0 Å². The van der Waals surface area contributed by atoms with E-state index in [0.717, 1.165) is 12.8 Å². The summed E-state index contributed by atoms with van der Waals surface area (Å²) in [5.74, 6) is 0.282. The van der Waals surface area contributed by atoms with Crippen molar-refractivity contribution < 1.29 is 2.74 Å². The van der Waals surface area contributed by atoms with Gasteiger partial charge in [0, 0.05) is 2.74 Å². The molecule has 0 amide bonds. The molecule has 2 aliphatic rings. The molecule has 0 nitrogen and oxygen atoms in total. The molecular formula is C16H30. The molecule has 0 aliphatic heterocycles. The normalized spacial score (nSPS) is 29.9. The van der Waals surface area contributed by atoms with Crippen LogP contribution in [-0.2, 0) is 0 Å². The standard InChI is InChI=1S/C16H30/c1-15(2,3)13-14-7-11-16(12-8-14)9-5-4-6-10-16/h14H,4-13H2,1-3H3/i13D2. The third kappa shape index (κ3) is 3.25. The Kier molecular flexibility index (Phi) is 2.93. The van der Waals surface area contributed by atoms with E-state index in [2.05, 4.69) is 20.8 Å². The number of hydrogen-bond acceptors (Lipinski definition) is 0. The molecule has 0 N–H and O–H groups in total. The summed E-state index contributed by atoms with van der Waals surface area (Å²) < 4.78 is 16.9. The Bertz CT molecular complexity index is 272. The van der Waals surface area contributed by atoms with Gasteiger partial charge >= 0.3 is 0 Å². The highest BCUT2D eigenvalue weighted by molar-refractivity contribution is 4.88. The van der Waals surface area contributed by atoms with E-state index in [1.165, 1.54) is 44.9 Å². The predicted octanol–water partition coefficient (Wildman–Crippen LogP) is 5.56. The SMILES string of the molecule is [2H]C([2H])(C1CCC2(CCCCC2)CC1)C(C)(C)C. The van der Waals surface area contributed by atoms with Gasteiger partial charge < -0.3 is 0 Å². The van der Waals surface area contributed by atoms with Crippen LogP contribution in [0.5, 0.6) is 0 Å². The Labute approximate surface area is 105 Å². The summed E-state index contributed by atoms with van der Waals surface area (Å²) in [6, 6.07) is 0. The molecule has 0 aromatic heterocycles. The fourth-order valence-corrected chi connectivity index (χ4v) is 3.79. The maximum atomic E-state index is 8.44. The molecule has 2 fully saturated rings. The molecule has 2 aliphatic carbocycles. The Morgan fingerprint density at radius 3 is 2.06 bits per heavy atom. The quantitative estimate of drug-likeness (QED) is 0.547. The summed E-state index contributed by atoms with van der Waals surface area (Å²) in [7, 11) is 0. The second kappa shape index (κ2) is 4.70. The fourth-order valence-electron chi connectivity index (χ4n) is 3.79. The van der Waals surface area contributed by atoms with Gasteiger partial charge in [-0.25, -0.2) is 0 Å². The summed E-state index contributed by atoms with van der Waals surface area (Å²) in [5, 5.41) is 0. The molecule has 0 saturated heterocycles. The minimum atomic E-state index is -1.01. The molecule has 16 heavy (non-hydrogen) atoms. The molecule has 0 radical (unpaired) electrons. The first kappa shape index (κ1) is 9.97. The van der Waals surface area contributed by atoms with Crippen LogP contribution in [0.15, 0.2) is 0 Å². The van der Waals surface area contributed by atoms with Gasteiger partial charge in [0.2, 0.25) is 0 Å². The first-order chi connectivity index (χ1) is 8.27. The second-order valence-electron chi connectivity index (χ2n) is 7.23. The largest absolute Gasteiger partial charge is 0.0602 e. The third-order valence-corrected chi connectivity index (χ3v) is 4.60. The number of rotatable bonds is 1. The highest BCUT2D eigenvalue weighted by atomic mass is 14.4. The Balaban J connectivity index is 1.98. The summed E-state index contributed by atoms with van der Waals surface area (Å²) >= 11 is 0. The molecule has 2 rings (SSSR count). The van der Waals surface area contributed by atoms with Gasteiger partial charge in [-0.1, -0.05) is 40.0 Å². The minimum absolute atomic E-state index is 0.227. The topological polar surface area (TPSA) is 0 Å². The van der Waals surface area contributed by atoms with Crippen LogP contribution in [0.3, 0.4) is 0 Å². The monoisotopic (exact) mass is 224 g/mol. The molecule has 0 heteroatoms. The maximum Gasteiger partial charge on any atom is 0.0275 e. The Morgan fingerprint density at radius 1 is 1.00 bits per heavy atom. The van der Waals surface area contributed by atoms with Crippen LogP contribution < -0.4 is 0 Å². The molecule has 94 valence electrons. The average molecular weight is 224 g/mol. The lowest BCUT2D eigenvalue weighted by molar-refractivity contribution is 0.0828. The van der Waals surface area contributed by atoms with Crippen molar-refractivity contribution >= 4 is 0 Å². The number of hydrogen-bond donors (Lipinski definition) is 0. The van der Waals surface area contributed by atoms with Crippen LogP contribution in [0.25, 0.3) is 0 Å². The molecule has 0 unspecified atom stereocenters. The molecular weight excluding hydrogens is 192 g/mol. The van der Waals surface area contributed by atoms with E-state index in [9.17, 15) is 0 Å². The van der Waals surface area contributed by atoms with Crippen LogP contribution in [0, 0.1) is 16.7 Å². The molecule has 0 atom stereocenters. The first-order valence-corrected chi connectivity index (χ1v) is 7.27. The predicted molar refractivity (Wildman–Crippen MR) is 71.5 cm³/mol. The zero-order valence-electron chi connectivity index (χ0n) is 13.4. The zero-order valence-corrected chi connectivity index (χ0v) is 11.4. The minimum Gasteiger partial charge on any atom is -0.0602 e. The molecule has 2 saturated carbocycles. The van der Waals surface area contributed by atoms with E-state index in [1.807, 2.05) is 0 Å². The highest BCUT2D eigenvalue weighted by Crippen LogP contribution is 2.50. The fraction of sp³-hybridized carbons (Fsp3) is 1.00. The van der Waals surface area contributed by atoms with Crippen molar-refractivity contribution in [2.45, 2.75) is 84.9 Å². The van der Waals surface area contributed by atoms with Gasteiger partial charge in [0.05, 0.1) is 0 Å². The van der Waals surface area contributed by atoms with Gasteiger partial charge in [0.15, 0.2) is 0 Å². The lowest BCUT2D eigenvalue weighted by Gasteiger charge is -2.44.